The van der Waals surface area contributed by atoms with Gasteiger partial charge in [-0.25, -0.2) is 10.9 Å². The molecule has 4 N–H and O–H groups in total. The summed E-state index contributed by atoms with van der Waals surface area (Å²) in [5.41, 5.74) is 5.10. The Morgan fingerprint density at radius 3 is 1.45 bits per heavy atom. The van der Waals surface area contributed by atoms with E-state index in [9.17, 15) is 0 Å². The summed E-state index contributed by atoms with van der Waals surface area (Å²) in [5, 5.41) is 5.27. The molecule has 0 unspecified atom stereocenters. The van der Waals surface area contributed by atoms with E-state index in [-0.39, 0.29) is 15.9 Å². The van der Waals surface area contributed by atoms with Crippen LogP contribution in [0.25, 0.3) is 0 Å². The summed E-state index contributed by atoms with van der Waals surface area (Å²) in [6.07, 6.45) is 0. The summed E-state index contributed by atoms with van der Waals surface area (Å²) >= 11 is -0.106. The molecule has 0 bridgehead atoms. The van der Waals surface area contributed by atoms with E-state index in [4.69, 9.17) is 19.1 Å². The standard InChI is InChI=1S/C4H10N4.2ClH.Pd/c1-5-3-7-8-4-6-2;;;/h5-8H,1-2H3;2*1H;/q;;;+2/p-2. The molecule has 0 aromatic carbocycles. The molecule has 0 aromatic rings. The molecule has 4 radical (unpaired) electrons. The fourth-order valence-electron chi connectivity index (χ4n) is 0.188. The van der Waals surface area contributed by atoms with Crippen LogP contribution in [0.3, 0.4) is 0 Å². The number of hydrogen-bond acceptors (Lipinski definition) is 4. The molecule has 0 aliphatic rings. The Labute approximate surface area is 83.8 Å². The Hall–Kier alpha value is 1.08. The molecule has 0 saturated heterocycles. The minimum atomic E-state index is -0.106. The first kappa shape index (κ1) is 14.6. The van der Waals surface area contributed by atoms with Crippen molar-refractivity contribution in [3.05, 3.63) is 13.3 Å². The summed E-state index contributed by atoms with van der Waals surface area (Å²) in [5.74, 6) is 0. The van der Waals surface area contributed by atoms with Gasteiger partial charge in [-0.1, -0.05) is 0 Å². The van der Waals surface area contributed by atoms with E-state index < -0.39 is 0 Å². The quantitative estimate of drug-likeness (QED) is 0.247. The van der Waals surface area contributed by atoms with Gasteiger partial charge in [0.25, 0.3) is 0 Å². The molecule has 0 spiro atoms. The van der Waals surface area contributed by atoms with Crippen molar-refractivity contribution in [2.45, 2.75) is 0 Å². The zero-order valence-corrected chi connectivity index (χ0v) is 9.14. The first-order valence-corrected chi connectivity index (χ1v) is 6.49. The van der Waals surface area contributed by atoms with Crippen molar-refractivity contribution in [3.63, 3.8) is 0 Å². The van der Waals surface area contributed by atoms with E-state index in [1.165, 1.54) is 0 Å². The fraction of sp³-hybridized carbons (Fsp3) is 0.500. The second-order valence-electron chi connectivity index (χ2n) is 1.05. The van der Waals surface area contributed by atoms with Crippen molar-refractivity contribution in [1.29, 1.82) is 0 Å². The predicted molar refractivity (Wildman–Crippen MR) is 42.6 cm³/mol. The van der Waals surface area contributed by atoms with Crippen molar-refractivity contribution in [2.75, 3.05) is 14.1 Å². The monoisotopic (exact) mass is 290 g/mol. The second-order valence-corrected chi connectivity index (χ2v) is 3.41. The van der Waals surface area contributed by atoms with Gasteiger partial charge in [0, 0.05) is 0 Å². The average Bonchev–Trinajstić information content (AvgIpc) is 2.00. The molecule has 11 heavy (non-hydrogen) atoms. The molecule has 4 nitrogen and oxygen atoms in total. The van der Waals surface area contributed by atoms with Crippen LogP contribution in [0.1, 0.15) is 0 Å². The molecule has 0 aliphatic heterocycles. The Balaban J connectivity index is 0. The van der Waals surface area contributed by atoms with Gasteiger partial charge >= 0.3 is 35.0 Å². The van der Waals surface area contributed by atoms with E-state index in [0.29, 0.717) is 0 Å². The first-order valence-electron chi connectivity index (χ1n) is 2.49. The molecule has 0 fully saturated rings. The van der Waals surface area contributed by atoms with Crippen LogP contribution in [0.2, 0.25) is 0 Å². The van der Waals surface area contributed by atoms with Gasteiger partial charge in [0.2, 0.25) is 0 Å². The van der Waals surface area contributed by atoms with Crippen molar-refractivity contribution in [2.24, 2.45) is 0 Å². The van der Waals surface area contributed by atoms with Crippen molar-refractivity contribution in [1.82, 2.24) is 21.5 Å². The van der Waals surface area contributed by atoms with Gasteiger partial charge in [-0.3, -0.25) is 10.6 Å². The topological polar surface area (TPSA) is 48.1 Å². The molecule has 0 amide bonds. The number of halogens is 2. The van der Waals surface area contributed by atoms with E-state index in [1.54, 1.807) is 14.1 Å². The molecule has 0 aliphatic carbocycles. The molecule has 0 heterocycles. The maximum atomic E-state index is 4.81. The van der Waals surface area contributed by atoms with Gasteiger partial charge in [-0.2, -0.15) is 0 Å². The van der Waals surface area contributed by atoms with Crippen LogP contribution >= 0.6 is 19.1 Å². The molecule has 0 saturated carbocycles. The van der Waals surface area contributed by atoms with Crippen LogP contribution in [-0.2, 0) is 15.9 Å². The predicted octanol–water partition coefficient (Wildman–Crippen LogP) is -0.112. The van der Waals surface area contributed by atoms with Gasteiger partial charge in [0.15, 0.2) is 13.3 Å². The van der Waals surface area contributed by atoms with Crippen LogP contribution in [0.5, 0.6) is 0 Å². The van der Waals surface area contributed by atoms with Gasteiger partial charge < -0.3 is 0 Å². The van der Waals surface area contributed by atoms with Crippen LogP contribution in [0.15, 0.2) is 0 Å². The van der Waals surface area contributed by atoms with Crippen molar-refractivity contribution >= 4 is 19.1 Å². The Morgan fingerprint density at radius 1 is 1.00 bits per heavy atom. The summed E-state index contributed by atoms with van der Waals surface area (Å²) in [6.45, 7) is 5.14. The number of rotatable bonds is 5. The summed E-state index contributed by atoms with van der Waals surface area (Å²) in [4.78, 5) is 0. The first-order chi connectivity index (χ1) is 5.33. The van der Waals surface area contributed by atoms with Crippen LogP contribution < -0.4 is 21.5 Å². The number of hydrogen-bond donors (Lipinski definition) is 4. The molecule has 70 valence electrons. The third-order valence-electron chi connectivity index (χ3n) is 0.438. The van der Waals surface area contributed by atoms with Crippen molar-refractivity contribution < 1.29 is 15.9 Å². The van der Waals surface area contributed by atoms with E-state index >= 15 is 0 Å². The summed E-state index contributed by atoms with van der Waals surface area (Å²) in [6, 6.07) is 0. The molecule has 0 rings (SSSR count). The van der Waals surface area contributed by atoms with Gasteiger partial charge in [-0.05, 0) is 14.1 Å². The Kier molecular flexibility index (Phi) is 22.9. The Morgan fingerprint density at radius 2 is 1.27 bits per heavy atom. The zero-order chi connectivity index (χ0) is 8.95. The normalized spacial score (nSPS) is 9.09. The molecule has 0 atom stereocenters. The van der Waals surface area contributed by atoms with Crippen LogP contribution in [0, 0.1) is 13.3 Å². The van der Waals surface area contributed by atoms with E-state index in [2.05, 4.69) is 34.8 Å². The summed E-state index contributed by atoms with van der Waals surface area (Å²) < 4.78 is 0. The SMILES string of the molecule is CN[C]NN[C]NC.[Cl][Pd][Cl]. The maximum absolute atomic E-state index is 4.81. The van der Waals surface area contributed by atoms with Gasteiger partial charge in [-0.15, -0.1) is 0 Å². The van der Waals surface area contributed by atoms with Gasteiger partial charge in [0.1, 0.15) is 0 Å². The van der Waals surface area contributed by atoms with Crippen LogP contribution in [0.4, 0.5) is 0 Å². The zero-order valence-electron chi connectivity index (χ0n) is 6.07. The number of nitrogens with one attached hydrogen (secondary N) is 4. The average molecular weight is 291 g/mol. The minimum absolute atomic E-state index is 0.106. The van der Waals surface area contributed by atoms with Crippen LogP contribution in [-0.4, -0.2) is 14.1 Å². The molecular weight excluding hydrogens is 281 g/mol. The molecular formula is C4H10Cl2N4Pd. The molecule has 0 aromatic heterocycles. The summed E-state index contributed by atoms with van der Waals surface area (Å²) in [7, 11) is 13.1. The second kappa shape index (κ2) is 17.2. The third kappa shape index (κ3) is 24.7. The van der Waals surface area contributed by atoms with Crippen molar-refractivity contribution in [3.8, 4) is 0 Å². The van der Waals surface area contributed by atoms with E-state index in [0.717, 1.165) is 0 Å². The number of hydrazine groups is 1. The van der Waals surface area contributed by atoms with E-state index in [1.807, 2.05) is 0 Å². The van der Waals surface area contributed by atoms with Gasteiger partial charge in [0.05, 0.1) is 0 Å². The molecule has 7 heteroatoms. The third-order valence-corrected chi connectivity index (χ3v) is 0.438. The fourth-order valence-corrected chi connectivity index (χ4v) is 0.188. The Bertz CT molecular complexity index is 53.4.